The van der Waals surface area contributed by atoms with E-state index in [4.69, 9.17) is 0 Å². The summed E-state index contributed by atoms with van der Waals surface area (Å²) in [4.78, 5) is 0. The molecule has 164 valence electrons. The molecule has 0 aromatic heterocycles. The number of rotatable bonds is 15. The molecular weight excluding hydrogens is 348 g/mol. The molecule has 0 spiro atoms. The summed E-state index contributed by atoms with van der Waals surface area (Å²) in [5, 5.41) is 0. The van der Waals surface area contributed by atoms with Crippen LogP contribution in [0, 0.1) is 0 Å². The maximum absolute atomic E-state index is 2.43. The Morgan fingerprint density at radius 3 is 1.24 bits per heavy atom. The van der Waals surface area contributed by atoms with Crippen molar-refractivity contribution >= 4 is 0 Å². The molecular formula is C29H48. The van der Waals surface area contributed by atoms with Gasteiger partial charge in [0.05, 0.1) is 0 Å². The normalized spacial score (nSPS) is 13.1. The lowest BCUT2D eigenvalue weighted by Crippen LogP contribution is -1.81. The van der Waals surface area contributed by atoms with E-state index in [1.165, 1.54) is 92.1 Å². The molecule has 0 aliphatic rings. The van der Waals surface area contributed by atoms with Crippen molar-refractivity contribution in [1.29, 1.82) is 0 Å². The molecule has 0 N–H and O–H groups in total. The van der Waals surface area contributed by atoms with Crippen LogP contribution >= 0.6 is 0 Å². The van der Waals surface area contributed by atoms with Gasteiger partial charge in [-0.1, -0.05) is 70.4 Å². The summed E-state index contributed by atoms with van der Waals surface area (Å²) in [6, 6.07) is 0. The first-order chi connectivity index (χ1) is 13.8. The number of hydrogen-bond donors (Lipinski definition) is 0. The SMILES string of the molecule is CC(C)=CCC/C=C/CC/C(C)=C/CC/C=C(\C)CC/C=C(\C)CCC=C(C)C. The maximum Gasteiger partial charge on any atom is -0.0288 e. The molecule has 0 rings (SSSR count). The molecule has 0 atom stereocenters. The van der Waals surface area contributed by atoms with Gasteiger partial charge in [0.2, 0.25) is 0 Å². The molecule has 0 aromatic carbocycles. The van der Waals surface area contributed by atoms with Crippen molar-refractivity contribution in [2.45, 2.75) is 113 Å². The van der Waals surface area contributed by atoms with Crippen LogP contribution < -0.4 is 0 Å². The van der Waals surface area contributed by atoms with E-state index in [1.54, 1.807) is 0 Å². The van der Waals surface area contributed by atoms with Crippen molar-refractivity contribution in [1.82, 2.24) is 0 Å². The molecule has 0 amide bonds. The van der Waals surface area contributed by atoms with Crippen LogP contribution in [0.3, 0.4) is 0 Å². The van der Waals surface area contributed by atoms with Crippen LogP contribution in [-0.2, 0) is 0 Å². The molecule has 0 bridgehead atoms. The second-order valence-corrected chi connectivity index (χ2v) is 8.96. The van der Waals surface area contributed by atoms with Crippen LogP contribution in [0.15, 0.2) is 70.4 Å². The zero-order valence-electron chi connectivity index (χ0n) is 20.6. The van der Waals surface area contributed by atoms with E-state index >= 15 is 0 Å². The van der Waals surface area contributed by atoms with E-state index in [0.29, 0.717) is 0 Å². The molecule has 0 saturated carbocycles. The van der Waals surface area contributed by atoms with Crippen molar-refractivity contribution in [3.05, 3.63) is 70.4 Å². The Kier molecular flexibility index (Phi) is 17.5. The van der Waals surface area contributed by atoms with Crippen LogP contribution in [0.1, 0.15) is 113 Å². The summed E-state index contributed by atoms with van der Waals surface area (Å²) in [7, 11) is 0. The lowest BCUT2D eigenvalue weighted by atomic mass is 10.0. The van der Waals surface area contributed by atoms with Crippen LogP contribution in [0.2, 0.25) is 0 Å². The predicted molar refractivity (Wildman–Crippen MR) is 135 cm³/mol. The Morgan fingerprint density at radius 2 is 0.724 bits per heavy atom. The molecule has 0 fully saturated rings. The highest BCUT2D eigenvalue weighted by atomic mass is 14.0. The van der Waals surface area contributed by atoms with E-state index in [0.717, 1.165) is 0 Å². The molecule has 0 radical (unpaired) electrons. The first kappa shape index (κ1) is 27.4. The second-order valence-electron chi connectivity index (χ2n) is 8.96. The third-order valence-electron chi connectivity index (χ3n) is 5.03. The highest BCUT2D eigenvalue weighted by Crippen LogP contribution is 2.13. The zero-order chi connectivity index (χ0) is 21.9. The van der Waals surface area contributed by atoms with E-state index in [-0.39, 0.29) is 0 Å². The number of unbranched alkanes of at least 4 members (excludes halogenated alkanes) is 2. The summed E-state index contributed by atoms with van der Waals surface area (Å²) in [5.74, 6) is 0. The first-order valence-corrected chi connectivity index (χ1v) is 11.7. The van der Waals surface area contributed by atoms with Gasteiger partial charge in [-0.15, -0.1) is 0 Å². The summed E-state index contributed by atoms with van der Waals surface area (Å²) < 4.78 is 0. The number of hydrogen-bond acceptors (Lipinski definition) is 0. The zero-order valence-corrected chi connectivity index (χ0v) is 20.6. The molecule has 0 aliphatic heterocycles. The molecule has 29 heavy (non-hydrogen) atoms. The van der Waals surface area contributed by atoms with Crippen molar-refractivity contribution in [2.75, 3.05) is 0 Å². The molecule has 0 aliphatic carbocycles. The standard InChI is InChI=1S/C29H48/c1-25(2)17-11-9-8-10-12-19-27(5)20-13-14-21-28(6)23-16-24-29(7)22-15-18-26(3)4/h8,10,17-18,20-21,24H,9,11-16,19,22-23H2,1-7H3/b10-8+,27-20+,28-21+,29-24+. The van der Waals surface area contributed by atoms with Crippen molar-refractivity contribution in [3.63, 3.8) is 0 Å². The summed E-state index contributed by atoms with van der Waals surface area (Å²) in [6.45, 7) is 15.5. The fraction of sp³-hybridized carbons (Fsp3) is 0.586. The first-order valence-electron chi connectivity index (χ1n) is 11.7. The predicted octanol–water partition coefficient (Wildman–Crippen LogP) is 10.2. The van der Waals surface area contributed by atoms with Gasteiger partial charge in [-0.3, -0.25) is 0 Å². The Morgan fingerprint density at radius 1 is 0.379 bits per heavy atom. The van der Waals surface area contributed by atoms with Crippen LogP contribution in [0.4, 0.5) is 0 Å². The van der Waals surface area contributed by atoms with Gasteiger partial charge >= 0.3 is 0 Å². The van der Waals surface area contributed by atoms with Gasteiger partial charge in [0, 0.05) is 0 Å². The van der Waals surface area contributed by atoms with Crippen LogP contribution in [0.25, 0.3) is 0 Å². The summed E-state index contributed by atoms with van der Waals surface area (Å²) >= 11 is 0. The Hall–Kier alpha value is -1.56. The van der Waals surface area contributed by atoms with Crippen LogP contribution in [0.5, 0.6) is 0 Å². The van der Waals surface area contributed by atoms with E-state index < -0.39 is 0 Å². The topological polar surface area (TPSA) is 0 Å². The monoisotopic (exact) mass is 396 g/mol. The molecule has 0 aromatic rings. The van der Waals surface area contributed by atoms with Gasteiger partial charge < -0.3 is 0 Å². The molecule has 0 unspecified atom stereocenters. The highest BCUT2D eigenvalue weighted by Gasteiger charge is 1.93. The average Bonchev–Trinajstić information content (AvgIpc) is 2.64. The van der Waals surface area contributed by atoms with Gasteiger partial charge in [0.15, 0.2) is 0 Å². The van der Waals surface area contributed by atoms with Gasteiger partial charge in [0.25, 0.3) is 0 Å². The average molecular weight is 397 g/mol. The third kappa shape index (κ3) is 21.0. The Labute approximate surface area is 183 Å². The van der Waals surface area contributed by atoms with Gasteiger partial charge in [-0.2, -0.15) is 0 Å². The molecule has 0 heterocycles. The third-order valence-corrected chi connectivity index (χ3v) is 5.03. The molecule has 0 heteroatoms. The summed E-state index contributed by atoms with van der Waals surface area (Å²) in [5.41, 5.74) is 7.43. The minimum Gasteiger partial charge on any atom is -0.0882 e. The van der Waals surface area contributed by atoms with E-state index in [2.05, 4.69) is 91.0 Å². The highest BCUT2D eigenvalue weighted by molar-refractivity contribution is 5.06. The van der Waals surface area contributed by atoms with Crippen molar-refractivity contribution < 1.29 is 0 Å². The number of allylic oxidation sites excluding steroid dienone is 12. The maximum atomic E-state index is 2.43. The van der Waals surface area contributed by atoms with E-state index in [9.17, 15) is 0 Å². The summed E-state index contributed by atoms with van der Waals surface area (Å²) in [6.07, 6.45) is 28.4. The fourth-order valence-electron chi connectivity index (χ4n) is 3.12. The Bertz CT molecular complexity index is 594. The minimum atomic E-state index is 1.17. The van der Waals surface area contributed by atoms with Gasteiger partial charge in [0.1, 0.15) is 0 Å². The second kappa shape index (κ2) is 18.5. The van der Waals surface area contributed by atoms with Crippen LogP contribution in [-0.4, -0.2) is 0 Å². The molecule has 0 saturated heterocycles. The molecule has 0 nitrogen and oxygen atoms in total. The smallest absolute Gasteiger partial charge is 0.0288 e. The quantitative estimate of drug-likeness (QED) is 0.191. The van der Waals surface area contributed by atoms with Gasteiger partial charge in [-0.05, 0) is 113 Å². The lowest BCUT2D eigenvalue weighted by molar-refractivity contribution is 0.901. The Balaban J connectivity index is 3.93. The lowest BCUT2D eigenvalue weighted by Gasteiger charge is -2.02. The fourth-order valence-corrected chi connectivity index (χ4v) is 3.12. The van der Waals surface area contributed by atoms with Crippen molar-refractivity contribution in [3.8, 4) is 0 Å². The van der Waals surface area contributed by atoms with E-state index in [1.807, 2.05) is 0 Å². The van der Waals surface area contributed by atoms with Gasteiger partial charge in [-0.25, -0.2) is 0 Å². The minimum absolute atomic E-state index is 1.17. The largest absolute Gasteiger partial charge is 0.0882 e. The van der Waals surface area contributed by atoms with Crippen molar-refractivity contribution in [2.24, 2.45) is 0 Å².